The molecule has 0 saturated carbocycles. The van der Waals surface area contributed by atoms with Gasteiger partial charge in [0.05, 0.1) is 11.9 Å². The maximum Gasteiger partial charge on any atom is 0.260 e. The fourth-order valence-electron chi connectivity index (χ4n) is 4.43. The predicted octanol–water partition coefficient (Wildman–Crippen LogP) is 5.16. The Bertz CT molecular complexity index is 1210. The van der Waals surface area contributed by atoms with Crippen LogP contribution in [0.25, 0.3) is 21.3 Å². The molecule has 2 aromatic heterocycles. The van der Waals surface area contributed by atoms with Gasteiger partial charge in [-0.3, -0.25) is 9.69 Å². The normalized spacial score (nSPS) is 16.3. The van der Waals surface area contributed by atoms with Gasteiger partial charge in [0.2, 0.25) is 0 Å². The van der Waals surface area contributed by atoms with Crippen molar-refractivity contribution in [1.29, 1.82) is 0 Å². The van der Waals surface area contributed by atoms with Crippen molar-refractivity contribution >= 4 is 21.6 Å². The third-order valence-electron chi connectivity index (χ3n) is 5.85. The molecule has 2 aromatic carbocycles. The second kappa shape index (κ2) is 7.58. The molecule has 0 radical (unpaired) electrons. The van der Waals surface area contributed by atoms with Crippen LogP contribution in [0.15, 0.2) is 64.8 Å². The van der Waals surface area contributed by atoms with Crippen molar-refractivity contribution in [3.05, 3.63) is 87.3 Å². The highest BCUT2D eigenvalue weighted by Gasteiger charge is 2.24. The van der Waals surface area contributed by atoms with Gasteiger partial charge >= 0.3 is 0 Å². The standard InChI is InChI=1S/C24H23N3OS/c1-27(20-13-7-11-16-10-5-6-12-18(16)20)14-21-25-23(28)22-19(15-29-24(22)26-21)17-8-3-2-4-9-17/h2-6,8-10,12,15,20H,7,11,13-14H2,1H3,(H,25,26,28)/t20-/m1/s1. The van der Waals surface area contributed by atoms with Gasteiger partial charge in [-0.2, -0.15) is 0 Å². The molecule has 5 heteroatoms. The molecule has 2 heterocycles. The highest BCUT2D eigenvalue weighted by atomic mass is 32.1. The van der Waals surface area contributed by atoms with E-state index in [1.54, 1.807) is 0 Å². The van der Waals surface area contributed by atoms with Crippen molar-refractivity contribution < 1.29 is 0 Å². The minimum absolute atomic E-state index is 0.0532. The number of hydrogen-bond donors (Lipinski definition) is 1. The molecule has 0 unspecified atom stereocenters. The first-order valence-corrected chi connectivity index (χ1v) is 10.9. The molecule has 29 heavy (non-hydrogen) atoms. The summed E-state index contributed by atoms with van der Waals surface area (Å²) in [5, 5.41) is 2.73. The van der Waals surface area contributed by atoms with Crippen LogP contribution >= 0.6 is 11.3 Å². The second-order valence-electron chi connectivity index (χ2n) is 7.73. The number of nitrogens with one attached hydrogen (secondary N) is 1. The number of aromatic nitrogens is 2. The number of fused-ring (bicyclic) bond motifs is 2. The zero-order chi connectivity index (χ0) is 19.8. The lowest BCUT2D eigenvalue weighted by Crippen LogP contribution is -2.29. The number of aryl methyl sites for hydroxylation is 1. The molecule has 1 aliphatic rings. The second-order valence-corrected chi connectivity index (χ2v) is 8.59. The Balaban J connectivity index is 1.46. The maximum absolute atomic E-state index is 12.9. The smallest absolute Gasteiger partial charge is 0.260 e. The number of hydrogen-bond acceptors (Lipinski definition) is 4. The lowest BCUT2D eigenvalue weighted by atomic mass is 9.87. The van der Waals surface area contributed by atoms with Crippen LogP contribution in [0, 0.1) is 0 Å². The van der Waals surface area contributed by atoms with Crippen molar-refractivity contribution in [1.82, 2.24) is 14.9 Å². The van der Waals surface area contributed by atoms with Gasteiger partial charge in [0, 0.05) is 17.0 Å². The zero-order valence-electron chi connectivity index (χ0n) is 16.4. The molecule has 146 valence electrons. The molecule has 1 N–H and O–H groups in total. The molecule has 0 amide bonds. The molecular formula is C24H23N3OS. The lowest BCUT2D eigenvalue weighted by Gasteiger charge is -2.33. The van der Waals surface area contributed by atoms with E-state index in [-0.39, 0.29) is 5.56 Å². The first-order valence-electron chi connectivity index (χ1n) is 10.0. The van der Waals surface area contributed by atoms with Gasteiger partial charge in [-0.25, -0.2) is 4.98 Å². The average molecular weight is 402 g/mol. The van der Waals surface area contributed by atoms with E-state index in [1.165, 1.54) is 28.9 Å². The number of thiophene rings is 1. The van der Waals surface area contributed by atoms with Crippen LogP contribution < -0.4 is 5.56 Å². The number of rotatable bonds is 4. The third-order valence-corrected chi connectivity index (χ3v) is 6.72. The summed E-state index contributed by atoms with van der Waals surface area (Å²) in [6, 6.07) is 19.1. The van der Waals surface area contributed by atoms with Crippen LogP contribution in [-0.2, 0) is 13.0 Å². The van der Waals surface area contributed by atoms with E-state index in [0.717, 1.165) is 34.6 Å². The summed E-state index contributed by atoms with van der Waals surface area (Å²) in [5.41, 5.74) is 4.81. The Hall–Kier alpha value is -2.76. The molecule has 0 saturated heterocycles. The van der Waals surface area contributed by atoms with Crippen LogP contribution in [0.3, 0.4) is 0 Å². The Morgan fingerprint density at radius 2 is 1.93 bits per heavy atom. The predicted molar refractivity (Wildman–Crippen MR) is 119 cm³/mol. The van der Waals surface area contributed by atoms with Crippen molar-refractivity contribution in [2.75, 3.05) is 7.05 Å². The summed E-state index contributed by atoms with van der Waals surface area (Å²) < 4.78 is 0. The van der Waals surface area contributed by atoms with E-state index < -0.39 is 0 Å². The third kappa shape index (κ3) is 3.41. The van der Waals surface area contributed by atoms with E-state index in [9.17, 15) is 4.79 Å². The maximum atomic E-state index is 12.9. The highest BCUT2D eigenvalue weighted by Crippen LogP contribution is 2.34. The molecule has 1 aliphatic carbocycles. The molecule has 0 aliphatic heterocycles. The number of nitrogens with zero attached hydrogens (tertiary/aromatic N) is 2. The SMILES string of the molecule is CN(Cc1nc2scc(-c3ccccc3)c2c(=O)[nH]1)[C@@H]1CCCc2ccccc21. The Kier molecular flexibility index (Phi) is 4.78. The molecule has 1 atom stereocenters. The van der Waals surface area contributed by atoms with Crippen LogP contribution in [0.2, 0.25) is 0 Å². The monoisotopic (exact) mass is 401 g/mol. The Labute approximate surface area is 173 Å². The van der Waals surface area contributed by atoms with Crippen LogP contribution in [-0.4, -0.2) is 21.9 Å². The first kappa shape index (κ1) is 18.3. The molecule has 0 bridgehead atoms. The fourth-order valence-corrected chi connectivity index (χ4v) is 5.40. The first-order chi connectivity index (χ1) is 14.2. The summed E-state index contributed by atoms with van der Waals surface area (Å²) >= 11 is 1.54. The van der Waals surface area contributed by atoms with Crippen LogP contribution in [0.1, 0.15) is 35.8 Å². The molecule has 4 nitrogen and oxygen atoms in total. The van der Waals surface area contributed by atoms with Gasteiger partial charge in [0.15, 0.2) is 0 Å². The van der Waals surface area contributed by atoms with E-state index >= 15 is 0 Å². The van der Waals surface area contributed by atoms with Crippen molar-refractivity contribution in [3.63, 3.8) is 0 Å². The fraction of sp³-hybridized carbons (Fsp3) is 0.250. The topological polar surface area (TPSA) is 49.0 Å². The van der Waals surface area contributed by atoms with Crippen molar-refractivity contribution in [2.24, 2.45) is 0 Å². The summed E-state index contributed by atoms with van der Waals surface area (Å²) in [4.78, 5) is 23.9. The summed E-state index contributed by atoms with van der Waals surface area (Å²) in [6.07, 6.45) is 3.48. The van der Waals surface area contributed by atoms with Gasteiger partial charge in [-0.1, -0.05) is 54.6 Å². The number of aromatic amines is 1. The minimum atomic E-state index is -0.0532. The average Bonchev–Trinajstić information content (AvgIpc) is 3.18. The summed E-state index contributed by atoms with van der Waals surface area (Å²) in [6.45, 7) is 0.628. The van der Waals surface area contributed by atoms with Crippen molar-refractivity contribution in [3.8, 4) is 11.1 Å². The van der Waals surface area contributed by atoms with Gasteiger partial charge in [-0.15, -0.1) is 11.3 Å². The largest absolute Gasteiger partial charge is 0.309 e. The van der Waals surface area contributed by atoms with E-state index in [0.29, 0.717) is 18.0 Å². The molecular weight excluding hydrogens is 378 g/mol. The molecule has 5 rings (SSSR count). The number of benzene rings is 2. The summed E-state index contributed by atoms with van der Waals surface area (Å²) in [7, 11) is 2.13. The highest BCUT2D eigenvalue weighted by molar-refractivity contribution is 7.17. The Morgan fingerprint density at radius 1 is 1.14 bits per heavy atom. The lowest BCUT2D eigenvalue weighted by molar-refractivity contribution is 0.208. The summed E-state index contributed by atoms with van der Waals surface area (Å²) in [5.74, 6) is 0.731. The van der Waals surface area contributed by atoms with Gasteiger partial charge in [0.25, 0.3) is 5.56 Å². The quantitative estimate of drug-likeness (QED) is 0.514. The van der Waals surface area contributed by atoms with Crippen LogP contribution in [0.5, 0.6) is 0 Å². The molecule has 0 fully saturated rings. The van der Waals surface area contributed by atoms with Crippen LogP contribution in [0.4, 0.5) is 0 Å². The molecule has 0 spiro atoms. The zero-order valence-corrected chi connectivity index (χ0v) is 17.2. The van der Waals surface area contributed by atoms with E-state index in [4.69, 9.17) is 4.98 Å². The Morgan fingerprint density at radius 3 is 2.79 bits per heavy atom. The van der Waals surface area contributed by atoms with Gasteiger partial charge in [-0.05, 0) is 43.0 Å². The van der Waals surface area contributed by atoms with E-state index in [1.807, 2.05) is 35.7 Å². The molecule has 4 aromatic rings. The van der Waals surface area contributed by atoms with E-state index in [2.05, 4.69) is 41.2 Å². The minimum Gasteiger partial charge on any atom is -0.309 e. The van der Waals surface area contributed by atoms with Gasteiger partial charge in [0.1, 0.15) is 10.7 Å². The van der Waals surface area contributed by atoms with Gasteiger partial charge < -0.3 is 4.98 Å². The number of H-pyrrole nitrogens is 1. The van der Waals surface area contributed by atoms with Crippen molar-refractivity contribution in [2.45, 2.75) is 31.8 Å².